The van der Waals surface area contributed by atoms with Gasteiger partial charge in [0.1, 0.15) is 5.82 Å². The molecule has 0 aliphatic carbocycles. The molecule has 0 aliphatic heterocycles. The molecule has 1 N–H and O–H groups in total. The Kier molecular flexibility index (Phi) is 5.62. The lowest BCUT2D eigenvalue weighted by Gasteiger charge is -2.05. The third-order valence-electron chi connectivity index (χ3n) is 1.88. The Morgan fingerprint density at radius 1 is 1.47 bits per heavy atom. The van der Waals surface area contributed by atoms with E-state index in [0.717, 1.165) is 0 Å². The molecule has 92 valence electrons. The first kappa shape index (κ1) is 13.6. The Morgan fingerprint density at radius 2 is 2.24 bits per heavy atom. The number of anilines is 1. The van der Waals surface area contributed by atoms with Crippen LogP contribution < -0.4 is 5.32 Å². The van der Waals surface area contributed by atoms with E-state index in [9.17, 15) is 9.59 Å². The molecule has 17 heavy (non-hydrogen) atoms. The minimum absolute atomic E-state index is 0.0735. The monoisotopic (exact) mass is 300 g/mol. The van der Waals surface area contributed by atoms with Crippen molar-refractivity contribution >= 4 is 33.6 Å². The van der Waals surface area contributed by atoms with Gasteiger partial charge in [0.05, 0.1) is 17.5 Å². The van der Waals surface area contributed by atoms with Crippen LogP contribution in [0, 0.1) is 0 Å². The van der Waals surface area contributed by atoms with E-state index < -0.39 is 0 Å². The van der Waals surface area contributed by atoms with E-state index in [1.807, 2.05) is 0 Å². The van der Waals surface area contributed by atoms with Crippen LogP contribution in [0.4, 0.5) is 5.82 Å². The zero-order valence-corrected chi connectivity index (χ0v) is 11.0. The molecule has 5 nitrogen and oxygen atoms in total. The fourth-order valence-corrected chi connectivity index (χ4v) is 1.48. The Bertz CT molecular complexity index is 409. The maximum atomic E-state index is 11.5. The molecule has 1 rings (SSSR count). The van der Waals surface area contributed by atoms with Crippen LogP contribution in [-0.4, -0.2) is 23.5 Å². The van der Waals surface area contributed by atoms with Crippen molar-refractivity contribution in [2.75, 3.05) is 11.9 Å². The summed E-state index contributed by atoms with van der Waals surface area (Å²) in [5.74, 6) is -0.193. The van der Waals surface area contributed by atoms with E-state index in [2.05, 4.69) is 26.2 Å². The maximum Gasteiger partial charge on any atom is 0.306 e. The number of hydrogen-bond acceptors (Lipinski definition) is 4. The number of carbonyl (C=O) groups is 2. The molecule has 1 aromatic rings. The number of esters is 1. The summed E-state index contributed by atoms with van der Waals surface area (Å²) in [5, 5.41) is 2.60. The van der Waals surface area contributed by atoms with Gasteiger partial charge in [-0.15, -0.1) is 0 Å². The number of ether oxygens (including phenoxy) is 1. The molecule has 0 spiro atoms. The molecule has 0 unspecified atom stereocenters. The van der Waals surface area contributed by atoms with E-state index in [4.69, 9.17) is 4.74 Å². The number of pyridine rings is 1. The first-order valence-electron chi connectivity index (χ1n) is 5.19. The van der Waals surface area contributed by atoms with Crippen molar-refractivity contribution in [1.29, 1.82) is 0 Å². The van der Waals surface area contributed by atoms with Crippen LogP contribution in [-0.2, 0) is 14.3 Å². The second-order valence-electron chi connectivity index (χ2n) is 3.19. The quantitative estimate of drug-likeness (QED) is 0.846. The normalized spacial score (nSPS) is 9.76. The summed E-state index contributed by atoms with van der Waals surface area (Å²) in [5.41, 5.74) is 0. The minimum atomic E-state index is -0.372. The third kappa shape index (κ3) is 4.95. The molecule has 0 fully saturated rings. The predicted octanol–water partition coefficient (Wildman–Crippen LogP) is 2.13. The van der Waals surface area contributed by atoms with Gasteiger partial charge in [0.2, 0.25) is 5.91 Å². The highest BCUT2D eigenvalue weighted by Crippen LogP contribution is 2.18. The van der Waals surface area contributed by atoms with Crippen molar-refractivity contribution < 1.29 is 14.3 Å². The highest BCUT2D eigenvalue weighted by atomic mass is 79.9. The Hall–Kier alpha value is -1.43. The largest absolute Gasteiger partial charge is 0.466 e. The molecule has 0 bridgehead atoms. The molecular formula is C11H13BrN2O3. The fourth-order valence-electron chi connectivity index (χ4n) is 1.12. The highest BCUT2D eigenvalue weighted by molar-refractivity contribution is 9.10. The van der Waals surface area contributed by atoms with Gasteiger partial charge in [-0.1, -0.05) is 0 Å². The number of nitrogens with zero attached hydrogens (tertiary/aromatic N) is 1. The lowest BCUT2D eigenvalue weighted by Crippen LogP contribution is -2.15. The molecule has 0 aromatic carbocycles. The van der Waals surface area contributed by atoms with Crippen molar-refractivity contribution in [1.82, 2.24) is 4.98 Å². The van der Waals surface area contributed by atoms with E-state index in [-0.39, 0.29) is 24.7 Å². The first-order chi connectivity index (χ1) is 8.13. The molecular weight excluding hydrogens is 288 g/mol. The van der Waals surface area contributed by atoms with Crippen LogP contribution in [0.15, 0.2) is 22.8 Å². The van der Waals surface area contributed by atoms with E-state index >= 15 is 0 Å². The lowest BCUT2D eigenvalue weighted by atomic mass is 10.3. The smallest absolute Gasteiger partial charge is 0.306 e. The molecule has 0 saturated heterocycles. The fraction of sp³-hybridized carbons (Fsp3) is 0.364. The van der Waals surface area contributed by atoms with Crippen molar-refractivity contribution in [3.8, 4) is 0 Å². The summed E-state index contributed by atoms with van der Waals surface area (Å²) < 4.78 is 5.42. The Balaban J connectivity index is 2.40. The van der Waals surface area contributed by atoms with E-state index in [1.54, 1.807) is 25.3 Å². The van der Waals surface area contributed by atoms with Gasteiger partial charge in [0.25, 0.3) is 0 Å². The Labute approximate surface area is 108 Å². The van der Waals surface area contributed by atoms with Crippen LogP contribution in [0.2, 0.25) is 0 Å². The van der Waals surface area contributed by atoms with Gasteiger partial charge >= 0.3 is 5.97 Å². The number of carbonyl (C=O) groups excluding carboxylic acids is 2. The number of aromatic nitrogens is 1. The molecule has 0 atom stereocenters. The molecule has 0 radical (unpaired) electrons. The molecule has 1 amide bonds. The second kappa shape index (κ2) is 7.01. The average molecular weight is 301 g/mol. The number of halogens is 1. The van der Waals surface area contributed by atoms with Gasteiger partial charge < -0.3 is 10.1 Å². The maximum absolute atomic E-state index is 11.5. The predicted molar refractivity (Wildman–Crippen MR) is 66.4 cm³/mol. The standard InChI is InChI=1S/C11H13BrN2O3/c1-2-17-10(16)6-5-9(15)14-11-8(12)4-3-7-13-11/h3-4,7H,2,5-6H2,1H3,(H,13,14,15). The zero-order chi connectivity index (χ0) is 12.7. The van der Waals surface area contributed by atoms with Crippen molar-refractivity contribution in [2.45, 2.75) is 19.8 Å². The Morgan fingerprint density at radius 3 is 2.88 bits per heavy atom. The molecule has 6 heteroatoms. The summed E-state index contributed by atoms with van der Waals surface area (Å²) >= 11 is 3.26. The van der Waals surface area contributed by atoms with E-state index in [1.165, 1.54) is 0 Å². The molecule has 1 heterocycles. The minimum Gasteiger partial charge on any atom is -0.466 e. The number of amides is 1. The van der Waals surface area contributed by atoms with Gasteiger partial charge in [-0.05, 0) is 35.0 Å². The van der Waals surface area contributed by atoms with Gasteiger partial charge in [0, 0.05) is 12.6 Å². The van der Waals surface area contributed by atoms with Crippen LogP contribution in [0.3, 0.4) is 0 Å². The van der Waals surface area contributed by atoms with Crippen LogP contribution in [0.25, 0.3) is 0 Å². The SMILES string of the molecule is CCOC(=O)CCC(=O)Nc1ncccc1Br. The average Bonchev–Trinajstić information content (AvgIpc) is 2.30. The number of hydrogen-bond donors (Lipinski definition) is 1. The number of nitrogens with one attached hydrogen (secondary N) is 1. The highest BCUT2D eigenvalue weighted by Gasteiger charge is 2.09. The zero-order valence-electron chi connectivity index (χ0n) is 9.40. The third-order valence-corrected chi connectivity index (χ3v) is 2.52. The van der Waals surface area contributed by atoms with Gasteiger partial charge in [-0.25, -0.2) is 4.98 Å². The topological polar surface area (TPSA) is 68.3 Å². The van der Waals surface area contributed by atoms with Gasteiger partial charge in [-0.2, -0.15) is 0 Å². The second-order valence-corrected chi connectivity index (χ2v) is 4.04. The van der Waals surface area contributed by atoms with Gasteiger partial charge in [-0.3, -0.25) is 9.59 Å². The van der Waals surface area contributed by atoms with E-state index in [0.29, 0.717) is 16.9 Å². The lowest BCUT2D eigenvalue weighted by molar-refractivity contribution is -0.144. The van der Waals surface area contributed by atoms with Crippen LogP contribution >= 0.6 is 15.9 Å². The first-order valence-corrected chi connectivity index (χ1v) is 5.98. The van der Waals surface area contributed by atoms with Crippen LogP contribution in [0.5, 0.6) is 0 Å². The number of rotatable bonds is 5. The summed E-state index contributed by atoms with van der Waals surface area (Å²) in [6.07, 6.45) is 1.73. The van der Waals surface area contributed by atoms with Crippen molar-refractivity contribution in [3.63, 3.8) is 0 Å². The molecule has 0 saturated carbocycles. The van der Waals surface area contributed by atoms with Crippen molar-refractivity contribution in [2.24, 2.45) is 0 Å². The summed E-state index contributed by atoms with van der Waals surface area (Å²) in [6.45, 7) is 2.05. The molecule has 0 aliphatic rings. The molecule has 1 aromatic heterocycles. The van der Waals surface area contributed by atoms with Crippen LogP contribution in [0.1, 0.15) is 19.8 Å². The summed E-state index contributed by atoms with van der Waals surface area (Å²) in [4.78, 5) is 26.5. The summed E-state index contributed by atoms with van der Waals surface area (Å²) in [7, 11) is 0. The summed E-state index contributed by atoms with van der Waals surface area (Å²) in [6, 6.07) is 3.52. The van der Waals surface area contributed by atoms with Crippen molar-refractivity contribution in [3.05, 3.63) is 22.8 Å². The van der Waals surface area contributed by atoms with Gasteiger partial charge in [0.15, 0.2) is 0 Å².